The van der Waals surface area contributed by atoms with Gasteiger partial charge in [-0.05, 0) is 26.3 Å². The summed E-state index contributed by atoms with van der Waals surface area (Å²) in [6.07, 6.45) is 2.74. The monoisotopic (exact) mass is 290 g/mol. The number of fused-ring (bicyclic) bond motifs is 2. The molecular weight excluding hydrogens is 268 g/mol. The highest BCUT2D eigenvalue weighted by Crippen LogP contribution is 2.33. The number of hydrogen-bond donors (Lipinski definition) is 1. The smallest absolute Gasteiger partial charge is 0.322 e. The van der Waals surface area contributed by atoms with Crippen molar-refractivity contribution in [3.8, 4) is 5.88 Å². The second-order valence-electron chi connectivity index (χ2n) is 6.02. The van der Waals surface area contributed by atoms with Gasteiger partial charge in [0.1, 0.15) is 0 Å². The number of anilines is 1. The summed E-state index contributed by atoms with van der Waals surface area (Å²) in [6, 6.07) is 4.76. The number of carbonyl (C=O) groups excluding carboxylic acids is 1. The second kappa shape index (κ2) is 5.52. The standard InChI is InChI=1S/C15H22N4O2/c1-10(2)18-8-12-6-13(9-18)19(12)15(20)17-11-4-5-14(21-3)16-7-11/h4-5,7,10,12-13H,6,8-9H2,1-3H3,(H,17,20). The van der Waals surface area contributed by atoms with Crippen LogP contribution >= 0.6 is 0 Å². The zero-order chi connectivity index (χ0) is 15.0. The number of urea groups is 1. The fourth-order valence-corrected chi connectivity index (χ4v) is 3.16. The molecule has 2 bridgehead atoms. The molecule has 2 fully saturated rings. The van der Waals surface area contributed by atoms with Crippen molar-refractivity contribution in [1.29, 1.82) is 0 Å². The average molecular weight is 290 g/mol. The molecule has 3 heterocycles. The Kier molecular flexibility index (Phi) is 3.71. The summed E-state index contributed by atoms with van der Waals surface area (Å²) in [5.74, 6) is 0.543. The molecular formula is C15H22N4O2. The van der Waals surface area contributed by atoms with E-state index in [1.54, 1.807) is 25.4 Å². The summed E-state index contributed by atoms with van der Waals surface area (Å²) in [5.41, 5.74) is 0.700. The Morgan fingerprint density at radius 2 is 2.10 bits per heavy atom. The van der Waals surface area contributed by atoms with Crippen molar-refractivity contribution >= 4 is 11.7 Å². The lowest BCUT2D eigenvalue weighted by atomic mass is 9.87. The summed E-state index contributed by atoms with van der Waals surface area (Å²) in [4.78, 5) is 20.9. The van der Waals surface area contributed by atoms with Gasteiger partial charge in [0.05, 0.1) is 19.0 Å². The molecule has 0 aliphatic carbocycles. The number of rotatable bonds is 3. The predicted molar refractivity (Wildman–Crippen MR) is 80.5 cm³/mol. The largest absolute Gasteiger partial charge is 0.481 e. The first-order valence-electron chi connectivity index (χ1n) is 7.42. The maximum Gasteiger partial charge on any atom is 0.322 e. The first kappa shape index (κ1) is 14.1. The third-order valence-electron chi connectivity index (χ3n) is 4.38. The maximum atomic E-state index is 12.4. The maximum absolute atomic E-state index is 12.4. The molecule has 6 nitrogen and oxygen atoms in total. The van der Waals surface area contributed by atoms with Gasteiger partial charge in [-0.3, -0.25) is 4.90 Å². The number of ether oxygens (including phenoxy) is 1. The third kappa shape index (κ3) is 2.68. The highest BCUT2D eigenvalue weighted by Gasteiger charge is 2.47. The van der Waals surface area contributed by atoms with E-state index in [1.165, 1.54) is 0 Å². The molecule has 1 aromatic heterocycles. The predicted octanol–water partition coefficient (Wildman–Crippen LogP) is 1.79. The minimum atomic E-state index is -0.0216. The van der Waals surface area contributed by atoms with Crippen molar-refractivity contribution in [2.24, 2.45) is 0 Å². The highest BCUT2D eigenvalue weighted by atomic mass is 16.5. The van der Waals surface area contributed by atoms with E-state index >= 15 is 0 Å². The van der Waals surface area contributed by atoms with E-state index in [4.69, 9.17) is 4.74 Å². The van der Waals surface area contributed by atoms with Crippen LogP contribution in [0.4, 0.5) is 10.5 Å². The van der Waals surface area contributed by atoms with Gasteiger partial charge in [-0.2, -0.15) is 0 Å². The number of carbonyl (C=O) groups is 1. The summed E-state index contributed by atoms with van der Waals surface area (Å²) >= 11 is 0. The van der Waals surface area contributed by atoms with Crippen LogP contribution in [0.1, 0.15) is 20.3 Å². The molecule has 6 heteroatoms. The van der Waals surface area contributed by atoms with E-state index in [2.05, 4.69) is 29.0 Å². The van der Waals surface area contributed by atoms with Gasteiger partial charge in [-0.1, -0.05) is 0 Å². The van der Waals surface area contributed by atoms with Gasteiger partial charge < -0.3 is 15.0 Å². The Bertz CT molecular complexity index is 505. The number of methoxy groups -OCH3 is 1. The lowest BCUT2D eigenvalue weighted by Gasteiger charge is -2.57. The zero-order valence-corrected chi connectivity index (χ0v) is 12.7. The normalized spacial score (nSPS) is 24.7. The van der Waals surface area contributed by atoms with Crippen molar-refractivity contribution in [3.05, 3.63) is 18.3 Å². The molecule has 2 aliphatic heterocycles. The Balaban J connectivity index is 1.59. The molecule has 114 valence electrons. The lowest BCUT2D eigenvalue weighted by Crippen LogP contribution is -2.71. The molecule has 2 saturated heterocycles. The van der Waals surface area contributed by atoms with Crippen LogP contribution in [0.2, 0.25) is 0 Å². The molecule has 0 spiro atoms. The van der Waals surface area contributed by atoms with E-state index in [0.29, 0.717) is 29.7 Å². The second-order valence-corrected chi connectivity index (χ2v) is 6.02. The SMILES string of the molecule is COc1ccc(NC(=O)N2C3CC2CN(C(C)C)C3)cn1. The van der Waals surface area contributed by atoms with E-state index in [1.807, 2.05) is 4.90 Å². The van der Waals surface area contributed by atoms with Crippen molar-refractivity contribution < 1.29 is 9.53 Å². The average Bonchev–Trinajstić information content (AvgIpc) is 2.48. The zero-order valence-electron chi connectivity index (χ0n) is 12.7. The number of nitrogens with one attached hydrogen (secondary N) is 1. The fraction of sp³-hybridized carbons (Fsp3) is 0.600. The molecule has 1 aromatic rings. The number of nitrogens with zero attached hydrogens (tertiary/aromatic N) is 3. The number of likely N-dealkylation sites (tertiary alicyclic amines) is 2. The number of piperidine rings is 1. The number of piperazine rings is 1. The minimum Gasteiger partial charge on any atom is -0.481 e. The van der Waals surface area contributed by atoms with Gasteiger partial charge in [0.2, 0.25) is 5.88 Å². The molecule has 0 aromatic carbocycles. The van der Waals surface area contributed by atoms with Gasteiger partial charge in [-0.25, -0.2) is 9.78 Å². The van der Waals surface area contributed by atoms with Crippen LogP contribution in [0.25, 0.3) is 0 Å². The molecule has 3 rings (SSSR count). The van der Waals surface area contributed by atoms with Crippen LogP contribution in [0, 0.1) is 0 Å². The van der Waals surface area contributed by atoms with E-state index in [0.717, 1.165) is 19.5 Å². The van der Waals surface area contributed by atoms with Gasteiger partial charge in [0, 0.05) is 37.3 Å². The Hall–Kier alpha value is -1.82. The summed E-state index contributed by atoms with van der Waals surface area (Å²) < 4.78 is 5.01. The molecule has 21 heavy (non-hydrogen) atoms. The topological polar surface area (TPSA) is 57.7 Å². The molecule has 2 unspecified atom stereocenters. The Labute approximate surface area is 125 Å². The van der Waals surface area contributed by atoms with Crippen LogP contribution in [-0.4, -0.2) is 59.1 Å². The van der Waals surface area contributed by atoms with Crippen molar-refractivity contribution in [3.63, 3.8) is 0 Å². The highest BCUT2D eigenvalue weighted by molar-refractivity contribution is 5.90. The summed E-state index contributed by atoms with van der Waals surface area (Å²) in [7, 11) is 1.57. The third-order valence-corrected chi connectivity index (χ3v) is 4.38. The Morgan fingerprint density at radius 1 is 1.38 bits per heavy atom. The van der Waals surface area contributed by atoms with Crippen LogP contribution in [0.3, 0.4) is 0 Å². The van der Waals surface area contributed by atoms with Gasteiger partial charge in [0.25, 0.3) is 0 Å². The molecule has 1 N–H and O–H groups in total. The van der Waals surface area contributed by atoms with E-state index in [9.17, 15) is 4.79 Å². The quantitative estimate of drug-likeness (QED) is 0.922. The van der Waals surface area contributed by atoms with Crippen molar-refractivity contribution in [1.82, 2.24) is 14.8 Å². The lowest BCUT2D eigenvalue weighted by molar-refractivity contribution is -0.0430. The van der Waals surface area contributed by atoms with Crippen LogP contribution in [0.15, 0.2) is 18.3 Å². The van der Waals surface area contributed by atoms with Gasteiger partial charge in [-0.15, -0.1) is 0 Å². The molecule has 2 aliphatic rings. The number of hydrogen-bond acceptors (Lipinski definition) is 4. The summed E-state index contributed by atoms with van der Waals surface area (Å²) in [5, 5.41) is 2.92. The Morgan fingerprint density at radius 3 is 2.62 bits per heavy atom. The van der Waals surface area contributed by atoms with Gasteiger partial charge in [0.15, 0.2) is 0 Å². The number of aromatic nitrogens is 1. The summed E-state index contributed by atoms with van der Waals surface area (Å²) in [6.45, 7) is 6.36. The molecule has 2 atom stereocenters. The van der Waals surface area contributed by atoms with Gasteiger partial charge >= 0.3 is 6.03 Å². The van der Waals surface area contributed by atoms with Crippen molar-refractivity contribution in [2.45, 2.75) is 38.4 Å². The molecule has 0 saturated carbocycles. The van der Waals surface area contributed by atoms with Crippen LogP contribution in [-0.2, 0) is 0 Å². The number of amides is 2. The van der Waals surface area contributed by atoms with Crippen LogP contribution < -0.4 is 10.1 Å². The minimum absolute atomic E-state index is 0.0216. The van der Waals surface area contributed by atoms with E-state index in [-0.39, 0.29) is 6.03 Å². The molecule has 0 radical (unpaired) electrons. The number of pyridine rings is 1. The first-order valence-corrected chi connectivity index (χ1v) is 7.42. The van der Waals surface area contributed by atoms with Crippen molar-refractivity contribution in [2.75, 3.05) is 25.5 Å². The fourth-order valence-electron chi connectivity index (χ4n) is 3.16. The van der Waals surface area contributed by atoms with E-state index < -0.39 is 0 Å². The first-order chi connectivity index (χ1) is 10.1. The van der Waals surface area contributed by atoms with Crippen LogP contribution in [0.5, 0.6) is 5.88 Å². The molecule has 2 amide bonds.